The average molecular weight is 262 g/mol. The number of hydrogen-bond donors (Lipinski definition) is 2. The molecule has 1 aliphatic heterocycles. The molecule has 1 heterocycles. The predicted octanol–water partition coefficient (Wildman–Crippen LogP) is 3.42. The maximum absolute atomic E-state index is 5.17. The Bertz CT molecular complexity index is 356. The van der Waals surface area contributed by atoms with Crippen LogP contribution in [0.3, 0.4) is 0 Å². The van der Waals surface area contributed by atoms with Gasteiger partial charge in [0.25, 0.3) is 0 Å². The first-order valence-corrected chi connectivity index (χ1v) is 7.42. The molecule has 2 unspecified atom stereocenters. The van der Waals surface area contributed by atoms with Crippen molar-refractivity contribution in [3.8, 4) is 5.75 Å². The topological polar surface area (TPSA) is 33.3 Å². The molecule has 3 heteroatoms. The van der Waals surface area contributed by atoms with E-state index in [0.717, 1.165) is 5.75 Å². The summed E-state index contributed by atoms with van der Waals surface area (Å²) in [6.07, 6.45) is 6.58. The third kappa shape index (κ3) is 4.75. The predicted molar refractivity (Wildman–Crippen MR) is 81.0 cm³/mol. The first kappa shape index (κ1) is 14.2. The molecule has 1 aromatic carbocycles. The van der Waals surface area contributed by atoms with Crippen molar-refractivity contribution in [3.05, 3.63) is 24.3 Å². The summed E-state index contributed by atoms with van der Waals surface area (Å²) in [6.45, 7) is 3.44. The van der Waals surface area contributed by atoms with Crippen LogP contribution < -0.4 is 15.4 Å². The lowest BCUT2D eigenvalue weighted by Crippen LogP contribution is -2.33. The molecule has 1 aromatic rings. The van der Waals surface area contributed by atoms with Gasteiger partial charge in [0.05, 0.1) is 7.11 Å². The third-order valence-electron chi connectivity index (χ3n) is 3.80. The molecule has 3 nitrogen and oxygen atoms in total. The minimum atomic E-state index is 0.490. The highest BCUT2D eigenvalue weighted by Gasteiger charge is 2.14. The molecule has 0 radical (unpaired) electrons. The van der Waals surface area contributed by atoms with Crippen LogP contribution in [0.25, 0.3) is 0 Å². The van der Waals surface area contributed by atoms with E-state index in [-0.39, 0.29) is 0 Å². The second-order valence-electron chi connectivity index (χ2n) is 5.51. The zero-order chi connectivity index (χ0) is 13.5. The van der Waals surface area contributed by atoms with Crippen molar-refractivity contribution in [1.29, 1.82) is 0 Å². The largest absolute Gasteiger partial charge is 0.497 e. The van der Waals surface area contributed by atoms with Gasteiger partial charge in [-0.15, -0.1) is 0 Å². The molecule has 106 valence electrons. The highest BCUT2D eigenvalue weighted by molar-refractivity contribution is 5.46. The van der Waals surface area contributed by atoms with E-state index in [2.05, 4.69) is 29.7 Å². The molecular weight excluding hydrogens is 236 g/mol. The summed E-state index contributed by atoms with van der Waals surface area (Å²) in [4.78, 5) is 0. The smallest absolute Gasteiger partial charge is 0.119 e. The van der Waals surface area contributed by atoms with Gasteiger partial charge in [-0.2, -0.15) is 0 Å². The summed E-state index contributed by atoms with van der Waals surface area (Å²) in [6, 6.07) is 9.32. The van der Waals surface area contributed by atoms with Crippen molar-refractivity contribution < 1.29 is 4.74 Å². The van der Waals surface area contributed by atoms with Crippen molar-refractivity contribution in [3.63, 3.8) is 0 Å². The fraction of sp³-hybridized carbons (Fsp3) is 0.625. The molecule has 2 atom stereocenters. The molecule has 0 amide bonds. The molecule has 0 bridgehead atoms. The van der Waals surface area contributed by atoms with Gasteiger partial charge in [-0.1, -0.05) is 12.8 Å². The third-order valence-corrected chi connectivity index (χ3v) is 3.80. The zero-order valence-corrected chi connectivity index (χ0v) is 12.1. The van der Waals surface area contributed by atoms with Gasteiger partial charge in [0, 0.05) is 17.8 Å². The van der Waals surface area contributed by atoms with Gasteiger partial charge in [-0.3, -0.25) is 0 Å². The van der Waals surface area contributed by atoms with Gasteiger partial charge in [-0.25, -0.2) is 0 Å². The lowest BCUT2D eigenvalue weighted by Gasteiger charge is -2.22. The van der Waals surface area contributed by atoms with Crippen LogP contribution in [0.2, 0.25) is 0 Å². The first-order valence-electron chi connectivity index (χ1n) is 7.42. The van der Waals surface area contributed by atoms with Gasteiger partial charge in [0.15, 0.2) is 0 Å². The molecule has 2 rings (SSSR count). The first-order chi connectivity index (χ1) is 9.28. The molecule has 0 spiro atoms. The highest BCUT2D eigenvalue weighted by atomic mass is 16.5. The fourth-order valence-corrected chi connectivity index (χ4v) is 2.76. The van der Waals surface area contributed by atoms with Gasteiger partial charge in [-0.05, 0) is 57.0 Å². The molecule has 1 fully saturated rings. The van der Waals surface area contributed by atoms with E-state index < -0.39 is 0 Å². The van der Waals surface area contributed by atoms with E-state index in [4.69, 9.17) is 4.74 Å². The van der Waals surface area contributed by atoms with Crippen molar-refractivity contribution in [2.75, 3.05) is 19.0 Å². The Morgan fingerprint density at radius 3 is 2.79 bits per heavy atom. The van der Waals surface area contributed by atoms with Gasteiger partial charge < -0.3 is 15.4 Å². The maximum atomic E-state index is 5.17. The number of rotatable bonds is 5. The van der Waals surface area contributed by atoms with E-state index in [1.165, 1.54) is 44.3 Å². The molecule has 19 heavy (non-hydrogen) atoms. The highest BCUT2D eigenvalue weighted by Crippen LogP contribution is 2.18. The molecule has 0 aromatic heterocycles. The Balaban J connectivity index is 1.80. The Kier molecular flexibility index (Phi) is 5.52. The van der Waals surface area contributed by atoms with Crippen molar-refractivity contribution in [1.82, 2.24) is 5.32 Å². The zero-order valence-electron chi connectivity index (χ0n) is 12.1. The maximum Gasteiger partial charge on any atom is 0.119 e. The van der Waals surface area contributed by atoms with Crippen molar-refractivity contribution in [2.45, 2.75) is 51.1 Å². The number of nitrogens with one attached hydrogen (secondary N) is 2. The second kappa shape index (κ2) is 7.39. The molecular formula is C16H26N2O. The minimum absolute atomic E-state index is 0.490. The van der Waals surface area contributed by atoms with E-state index in [1.54, 1.807) is 7.11 Å². The van der Waals surface area contributed by atoms with Crippen LogP contribution in [0.15, 0.2) is 24.3 Å². The van der Waals surface area contributed by atoms with Crippen LogP contribution in [0.5, 0.6) is 5.75 Å². The van der Waals surface area contributed by atoms with E-state index in [1.807, 2.05) is 12.1 Å². The summed E-state index contributed by atoms with van der Waals surface area (Å²) < 4.78 is 5.17. The average Bonchev–Trinajstić information content (AvgIpc) is 2.68. The standard InChI is InChI=1S/C16H26N2O/c1-13(12-15-6-4-3-5-11-17-15)18-14-7-9-16(19-2)10-8-14/h7-10,13,15,17-18H,3-6,11-12H2,1-2H3. The van der Waals surface area contributed by atoms with Gasteiger partial charge in [0.1, 0.15) is 5.75 Å². The lowest BCUT2D eigenvalue weighted by molar-refractivity contribution is 0.415. The Morgan fingerprint density at radius 1 is 1.26 bits per heavy atom. The molecule has 1 saturated heterocycles. The van der Waals surface area contributed by atoms with Crippen molar-refractivity contribution in [2.24, 2.45) is 0 Å². The second-order valence-corrected chi connectivity index (χ2v) is 5.51. The van der Waals surface area contributed by atoms with Crippen LogP contribution in [0.1, 0.15) is 39.0 Å². The van der Waals surface area contributed by atoms with Crippen LogP contribution in [-0.2, 0) is 0 Å². The Hall–Kier alpha value is -1.22. The van der Waals surface area contributed by atoms with Gasteiger partial charge >= 0.3 is 0 Å². The molecule has 2 N–H and O–H groups in total. The van der Waals surface area contributed by atoms with Crippen LogP contribution in [0, 0.1) is 0 Å². The summed E-state index contributed by atoms with van der Waals surface area (Å²) in [7, 11) is 1.70. The number of methoxy groups -OCH3 is 1. The Morgan fingerprint density at radius 2 is 2.05 bits per heavy atom. The quantitative estimate of drug-likeness (QED) is 0.853. The van der Waals surface area contributed by atoms with Crippen molar-refractivity contribution >= 4 is 5.69 Å². The van der Waals surface area contributed by atoms with E-state index >= 15 is 0 Å². The molecule has 0 saturated carbocycles. The molecule has 1 aliphatic rings. The van der Waals surface area contributed by atoms with Gasteiger partial charge in [0.2, 0.25) is 0 Å². The van der Waals surface area contributed by atoms with Crippen LogP contribution in [0.4, 0.5) is 5.69 Å². The number of anilines is 1. The number of hydrogen-bond acceptors (Lipinski definition) is 3. The molecule has 0 aliphatic carbocycles. The number of benzene rings is 1. The summed E-state index contributed by atoms with van der Waals surface area (Å²) in [5, 5.41) is 7.22. The van der Waals surface area contributed by atoms with E-state index in [0.29, 0.717) is 12.1 Å². The Labute approximate surface area is 116 Å². The number of ether oxygens (including phenoxy) is 1. The van der Waals surface area contributed by atoms with E-state index in [9.17, 15) is 0 Å². The van der Waals surface area contributed by atoms with Crippen LogP contribution >= 0.6 is 0 Å². The normalized spacial score (nSPS) is 21.5. The monoisotopic (exact) mass is 262 g/mol. The SMILES string of the molecule is COc1ccc(NC(C)CC2CCCCCN2)cc1. The minimum Gasteiger partial charge on any atom is -0.497 e. The fourth-order valence-electron chi connectivity index (χ4n) is 2.76. The summed E-state index contributed by atoms with van der Waals surface area (Å²) in [5.41, 5.74) is 1.17. The lowest BCUT2D eigenvalue weighted by atomic mass is 10.0. The summed E-state index contributed by atoms with van der Waals surface area (Å²) in [5.74, 6) is 0.906. The summed E-state index contributed by atoms with van der Waals surface area (Å²) >= 11 is 0. The van der Waals surface area contributed by atoms with Crippen LogP contribution in [-0.4, -0.2) is 25.7 Å².